The van der Waals surface area contributed by atoms with Gasteiger partial charge in [0.25, 0.3) is 5.91 Å². The number of methoxy groups -OCH3 is 2. The minimum atomic E-state index is -0.577. The van der Waals surface area contributed by atoms with Crippen LogP contribution in [0.2, 0.25) is 0 Å². The first-order valence-electron chi connectivity index (χ1n) is 8.28. The molecule has 0 aromatic heterocycles. The average molecular weight is 387 g/mol. The zero-order valence-electron chi connectivity index (χ0n) is 16.0. The lowest BCUT2D eigenvalue weighted by Crippen LogP contribution is -2.25. The lowest BCUT2D eigenvalue weighted by atomic mass is 10.1. The van der Waals surface area contributed by atoms with Crippen molar-refractivity contribution in [1.29, 1.82) is 0 Å². The third kappa shape index (κ3) is 4.97. The normalized spacial score (nSPS) is 10.6. The van der Waals surface area contributed by atoms with E-state index in [1.165, 1.54) is 32.6 Å². The van der Waals surface area contributed by atoms with Gasteiger partial charge in [0, 0.05) is 17.7 Å². The highest BCUT2D eigenvalue weighted by molar-refractivity contribution is 5.87. The molecule has 9 nitrogen and oxygen atoms in total. The van der Waals surface area contributed by atoms with Crippen molar-refractivity contribution in [1.82, 2.24) is 5.43 Å². The molecule has 1 N–H and O–H groups in total. The van der Waals surface area contributed by atoms with E-state index < -0.39 is 10.8 Å². The first-order valence-corrected chi connectivity index (χ1v) is 8.28. The molecule has 0 unspecified atom stereocenters. The fourth-order valence-electron chi connectivity index (χ4n) is 2.52. The fourth-order valence-corrected chi connectivity index (χ4v) is 2.52. The summed E-state index contributed by atoms with van der Waals surface area (Å²) in [6.07, 6.45) is 1.25. The van der Waals surface area contributed by atoms with Gasteiger partial charge in [-0.2, -0.15) is 5.10 Å². The molecule has 0 radical (unpaired) electrons. The summed E-state index contributed by atoms with van der Waals surface area (Å²) in [5, 5.41) is 15.0. The number of carbonyl (C=O) groups excluding carboxylic acids is 1. The van der Waals surface area contributed by atoms with Crippen molar-refractivity contribution in [3.8, 4) is 17.2 Å². The van der Waals surface area contributed by atoms with Crippen LogP contribution in [0.3, 0.4) is 0 Å². The number of nitrogens with zero attached hydrogens (tertiary/aromatic N) is 2. The van der Waals surface area contributed by atoms with E-state index in [4.69, 9.17) is 14.2 Å². The first kappa shape index (κ1) is 20.7. The van der Waals surface area contributed by atoms with Crippen LogP contribution < -0.4 is 19.6 Å². The summed E-state index contributed by atoms with van der Waals surface area (Å²) in [6.45, 7) is 3.56. The number of amides is 1. The lowest BCUT2D eigenvalue weighted by molar-refractivity contribution is -0.385. The Kier molecular flexibility index (Phi) is 6.91. The summed E-state index contributed by atoms with van der Waals surface area (Å²) in [5.74, 6) is 0.548. The maximum absolute atomic E-state index is 11.9. The van der Waals surface area contributed by atoms with Crippen molar-refractivity contribution in [2.24, 2.45) is 5.10 Å². The summed E-state index contributed by atoms with van der Waals surface area (Å²) < 4.78 is 15.7. The van der Waals surface area contributed by atoms with E-state index in [0.29, 0.717) is 17.1 Å². The summed E-state index contributed by atoms with van der Waals surface area (Å²) in [7, 11) is 2.74. The topological polar surface area (TPSA) is 112 Å². The Bertz CT molecular complexity index is 891. The molecule has 0 heterocycles. The number of ether oxygens (including phenoxy) is 3. The quantitative estimate of drug-likeness (QED) is 0.423. The summed E-state index contributed by atoms with van der Waals surface area (Å²) in [6, 6.07) is 8.32. The van der Waals surface area contributed by atoms with Crippen LogP contribution in [0.5, 0.6) is 17.2 Å². The maximum atomic E-state index is 11.9. The number of para-hydroxylation sites is 1. The van der Waals surface area contributed by atoms with Gasteiger partial charge in [0.05, 0.1) is 25.4 Å². The van der Waals surface area contributed by atoms with E-state index in [1.807, 2.05) is 32.0 Å². The van der Waals surface area contributed by atoms with Crippen molar-refractivity contribution >= 4 is 17.8 Å². The second-order valence-electron chi connectivity index (χ2n) is 5.83. The predicted octanol–water partition coefficient (Wildman–Crippen LogP) is 2.76. The molecule has 0 spiro atoms. The smallest absolute Gasteiger partial charge is 0.311 e. The van der Waals surface area contributed by atoms with Gasteiger partial charge in [-0.15, -0.1) is 0 Å². The van der Waals surface area contributed by atoms with Crippen LogP contribution in [0, 0.1) is 24.0 Å². The molecule has 0 atom stereocenters. The highest BCUT2D eigenvalue weighted by Crippen LogP contribution is 2.33. The van der Waals surface area contributed by atoms with Gasteiger partial charge in [0.2, 0.25) is 5.75 Å². The Hall–Kier alpha value is -3.62. The van der Waals surface area contributed by atoms with Crippen LogP contribution in [0.4, 0.5) is 5.69 Å². The molecule has 2 aromatic rings. The van der Waals surface area contributed by atoms with E-state index in [1.54, 1.807) is 0 Å². The monoisotopic (exact) mass is 387 g/mol. The van der Waals surface area contributed by atoms with Crippen molar-refractivity contribution in [3.63, 3.8) is 0 Å². The van der Waals surface area contributed by atoms with Crippen LogP contribution >= 0.6 is 0 Å². The molecule has 148 valence electrons. The summed E-state index contributed by atoms with van der Waals surface area (Å²) in [5.41, 5.74) is 4.23. The maximum Gasteiger partial charge on any atom is 0.311 e. The van der Waals surface area contributed by atoms with E-state index >= 15 is 0 Å². The van der Waals surface area contributed by atoms with Crippen molar-refractivity contribution < 1.29 is 23.9 Å². The standard InChI is InChI=1S/C19H21N3O6/c1-12-6-5-7-13(2)19(12)28-11-18(23)21-20-10-14-8-15(22(24)25)17(27-4)9-16(14)26-3/h5-10H,11H2,1-4H3,(H,21,23)/b20-10+. The Balaban J connectivity index is 2.06. The molecule has 0 fully saturated rings. The molecule has 1 amide bonds. The van der Waals surface area contributed by atoms with Crippen LogP contribution in [0.25, 0.3) is 0 Å². The van der Waals surface area contributed by atoms with Gasteiger partial charge in [-0.1, -0.05) is 18.2 Å². The molecule has 0 bridgehead atoms. The molecule has 0 aliphatic carbocycles. The highest BCUT2D eigenvalue weighted by atomic mass is 16.6. The van der Waals surface area contributed by atoms with E-state index in [-0.39, 0.29) is 18.0 Å². The molecular formula is C19H21N3O6. The molecule has 2 rings (SSSR count). The Morgan fingerprint density at radius 1 is 1.18 bits per heavy atom. The number of carbonyl (C=O) groups is 1. The Labute approximate surface area is 162 Å². The second kappa shape index (κ2) is 9.36. The number of hydrogen-bond donors (Lipinski definition) is 1. The van der Waals surface area contributed by atoms with Crippen LogP contribution in [0.1, 0.15) is 16.7 Å². The zero-order valence-corrected chi connectivity index (χ0v) is 16.0. The largest absolute Gasteiger partial charge is 0.496 e. The number of nitrogens with one attached hydrogen (secondary N) is 1. The minimum absolute atomic E-state index is 0.0602. The molecule has 2 aromatic carbocycles. The van der Waals surface area contributed by atoms with Gasteiger partial charge < -0.3 is 14.2 Å². The lowest BCUT2D eigenvalue weighted by Gasteiger charge is -2.11. The summed E-state index contributed by atoms with van der Waals surface area (Å²) >= 11 is 0. The first-order chi connectivity index (χ1) is 13.4. The van der Waals surface area contributed by atoms with Crippen LogP contribution in [0.15, 0.2) is 35.4 Å². The van der Waals surface area contributed by atoms with Crippen molar-refractivity contribution in [3.05, 3.63) is 57.1 Å². The third-order valence-electron chi connectivity index (χ3n) is 3.88. The van der Waals surface area contributed by atoms with Gasteiger partial charge in [-0.05, 0) is 25.0 Å². The van der Waals surface area contributed by atoms with Crippen LogP contribution in [-0.2, 0) is 4.79 Å². The zero-order chi connectivity index (χ0) is 20.7. The summed E-state index contributed by atoms with van der Waals surface area (Å²) in [4.78, 5) is 22.5. The van der Waals surface area contributed by atoms with Gasteiger partial charge in [0.15, 0.2) is 6.61 Å². The number of nitro benzene ring substituents is 1. The third-order valence-corrected chi connectivity index (χ3v) is 3.88. The fraction of sp³-hybridized carbons (Fsp3) is 0.263. The molecular weight excluding hydrogens is 366 g/mol. The minimum Gasteiger partial charge on any atom is -0.496 e. The van der Waals surface area contributed by atoms with E-state index in [2.05, 4.69) is 10.5 Å². The number of benzene rings is 2. The Morgan fingerprint density at radius 2 is 1.82 bits per heavy atom. The second-order valence-corrected chi connectivity index (χ2v) is 5.83. The van der Waals surface area contributed by atoms with Crippen molar-refractivity contribution in [2.75, 3.05) is 20.8 Å². The number of aryl methyl sites for hydroxylation is 2. The van der Waals surface area contributed by atoms with Gasteiger partial charge in [0.1, 0.15) is 11.5 Å². The Morgan fingerprint density at radius 3 is 2.39 bits per heavy atom. The van der Waals surface area contributed by atoms with Crippen LogP contribution in [-0.4, -0.2) is 37.9 Å². The molecule has 0 saturated heterocycles. The highest BCUT2D eigenvalue weighted by Gasteiger charge is 2.19. The number of rotatable bonds is 8. The van der Waals surface area contributed by atoms with Crippen molar-refractivity contribution in [2.45, 2.75) is 13.8 Å². The average Bonchev–Trinajstić information content (AvgIpc) is 2.67. The molecule has 0 saturated carbocycles. The van der Waals surface area contributed by atoms with E-state index in [0.717, 1.165) is 11.1 Å². The van der Waals surface area contributed by atoms with E-state index in [9.17, 15) is 14.9 Å². The van der Waals surface area contributed by atoms with Gasteiger partial charge in [-0.3, -0.25) is 14.9 Å². The van der Waals surface area contributed by atoms with Gasteiger partial charge in [-0.25, -0.2) is 5.43 Å². The number of hydrazone groups is 1. The van der Waals surface area contributed by atoms with Gasteiger partial charge >= 0.3 is 5.69 Å². The SMILES string of the molecule is COc1cc(OC)c([N+](=O)[O-])cc1/C=N/NC(=O)COc1c(C)cccc1C. The number of nitro groups is 1. The molecule has 0 aliphatic rings. The molecule has 0 aliphatic heterocycles. The molecule has 9 heteroatoms. The number of hydrogen-bond acceptors (Lipinski definition) is 7. The predicted molar refractivity (Wildman–Crippen MR) is 103 cm³/mol. The molecule has 28 heavy (non-hydrogen) atoms.